The van der Waals surface area contributed by atoms with Crippen LogP contribution in [0.1, 0.15) is 17.5 Å². The molecule has 2 aromatic rings. The maximum Gasteiger partial charge on any atom is 0.269 e. The number of carbonyl (C=O) groups is 1. The van der Waals surface area contributed by atoms with E-state index in [0.717, 1.165) is 5.56 Å². The molecule has 0 spiro atoms. The van der Waals surface area contributed by atoms with Crippen LogP contribution in [-0.2, 0) is 17.6 Å². The van der Waals surface area contributed by atoms with Gasteiger partial charge in [-0.05, 0) is 49.2 Å². The van der Waals surface area contributed by atoms with E-state index in [2.05, 4.69) is 10.5 Å². The number of nitrogens with zero attached hydrogens (tertiary/aromatic N) is 1. The van der Waals surface area contributed by atoms with Crippen LogP contribution in [0.3, 0.4) is 0 Å². The van der Waals surface area contributed by atoms with Gasteiger partial charge in [0.25, 0.3) is 5.91 Å². The van der Waals surface area contributed by atoms with Crippen LogP contribution in [0, 0.1) is 0 Å². The van der Waals surface area contributed by atoms with Crippen molar-refractivity contribution in [2.24, 2.45) is 10.9 Å². The molecule has 30 heavy (non-hydrogen) atoms. The zero-order valence-corrected chi connectivity index (χ0v) is 19.1. The minimum absolute atomic E-state index is 0. The van der Waals surface area contributed by atoms with Gasteiger partial charge >= 0.3 is 0 Å². The zero-order valence-electron chi connectivity index (χ0n) is 16.0. The van der Waals surface area contributed by atoms with E-state index in [0.29, 0.717) is 58.9 Å². The molecule has 0 aliphatic carbocycles. The molecule has 0 fully saturated rings. The number of amides is 1. The van der Waals surface area contributed by atoms with E-state index in [9.17, 15) is 10.0 Å². The van der Waals surface area contributed by atoms with Gasteiger partial charge in [0.1, 0.15) is 11.5 Å². The van der Waals surface area contributed by atoms with Crippen molar-refractivity contribution in [3.05, 3.63) is 62.6 Å². The molecule has 164 valence electrons. The number of halogens is 4. The van der Waals surface area contributed by atoms with Crippen LogP contribution in [0.4, 0.5) is 0 Å². The highest BCUT2D eigenvalue weighted by molar-refractivity contribution is 6.39. The van der Waals surface area contributed by atoms with E-state index in [1.807, 2.05) is 12.1 Å². The monoisotopic (exact) mass is 493 g/mol. The third-order valence-electron chi connectivity index (χ3n) is 4.03. The molecule has 0 atom stereocenters. The molecule has 0 bridgehead atoms. The lowest BCUT2D eigenvalue weighted by Crippen LogP contribution is -2.33. The minimum Gasteiger partial charge on any atom is -0.492 e. The first-order valence-corrected chi connectivity index (χ1v) is 10.1. The number of nitrogens with two attached hydrogens (primary N) is 1. The quantitative estimate of drug-likeness (QED) is 0.195. The Labute approximate surface area is 196 Å². The van der Waals surface area contributed by atoms with E-state index in [-0.39, 0.29) is 24.5 Å². The Hall–Kier alpha value is -1.70. The van der Waals surface area contributed by atoms with Crippen LogP contribution >= 0.6 is 47.2 Å². The van der Waals surface area contributed by atoms with Crippen molar-refractivity contribution in [1.82, 2.24) is 5.32 Å². The summed E-state index contributed by atoms with van der Waals surface area (Å²) in [5.41, 5.74) is 6.97. The van der Waals surface area contributed by atoms with Crippen molar-refractivity contribution in [2.75, 3.05) is 19.7 Å². The first-order valence-electron chi connectivity index (χ1n) is 8.99. The maximum absolute atomic E-state index is 12.4. The summed E-state index contributed by atoms with van der Waals surface area (Å²) in [6.45, 7) is 1.21. The van der Waals surface area contributed by atoms with Gasteiger partial charge < -0.3 is 21.0 Å². The van der Waals surface area contributed by atoms with E-state index in [1.165, 1.54) is 0 Å². The number of hydrogen-bond acceptors (Lipinski definition) is 5. The topological polar surface area (TPSA) is 96.9 Å². The maximum atomic E-state index is 12.4. The fraction of sp³-hybridized carbons (Fsp3) is 0.300. The summed E-state index contributed by atoms with van der Waals surface area (Å²) < 4.78 is 5.69. The van der Waals surface area contributed by atoms with Crippen LogP contribution < -0.4 is 15.8 Å². The number of ether oxygens (including phenoxy) is 1. The Bertz CT molecular complexity index is 861. The summed E-state index contributed by atoms with van der Waals surface area (Å²) in [4.78, 5) is 12.4. The van der Waals surface area contributed by atoms with Gasteiger partial charge in [-0.2, -0.15) is 0 Å². The lowest BCUT2D eigenvalue weighted by molar-refractivity contribution is -0.115. The standard InChI is InChI=1S/C20H22Cl3N3O3.ClH/c21-15-4-2-13(3-5-15)6-8-25-20(27)18(26-28)11-14-10-16(22)12-17(23)19(14)29-9-1-7-24;/h2-5,10,12,28H,1,6-9,11,24H2,(H,25,27);1H/b26-18-;. The molecule has 1 amide bonds. The largest absolute Gasteiger partial charge is 0.492 e. The predicted octanol–water partition coefficient (Wildman–Crippen LogP) is 4.53. The molecule has 6 nitrogen and oxygen atoms in total. The van der Waals surface area contributed by atoms with Gasteiger partial charge in [0.2, 0.25) is 0 Å². The van der Waals surface area contributed by atoms with Gasteiger partial charge in [-0.3, -0.25) is 4.79 Å². The van der Waals surface area contributed by atoms with E-state index in [1.54, 1.807) is 24.3 Å². The van der Waals surface area contributed by atoms with Crippen molar-refractivity contribution in [2.45, 2.75) is 19.3 Å². The average molecular weight is 495 g/mol. The Morgan fingerprint density at radius 2 is 1.83 bits per heavy atom. The molecule has 10 heteroatoms. The van der Waals surface area contributed by atoms with Gasteiger partial charge in [-0.15, -0.1) is 12.4 Å². The lowest BCUT2D eigenvalue weighted by atomic mass is 10.1. The number of oxime groups is 1. The van der Waals surface area contributed by atoms with Crippen LogP contribution in [0.5, 0.6) is 5.75 Å². The van der Waals surface area contributed by atoms with Gasteiger partial charge in [-0.1, -0.05) is 52.1 Å². The molecule has 0 aromatic heterocycles. The fourth-order valence-corrected chi connectivity index (χ4v) is 3.30. The van der Waals surface area contributed by atoms with Gasteiger partial charge in [0, 0.05) is 28.6 Å². The smallest absolute Gasteiger partial charge is 0.269 e. The third-order valence-corrected chi connectivity index (χ3v) is 4.78. The van der Waals surface area contributed by atoms with Gasteiger partial charge in [0.05, 0.1) is 11.6 Å². The van der Waals surface area contributed by atoms with Gasteiger partial charge in [-0.25, -0.2) is 0 Å². The highest BCUT2D eigenvalue weighted by Crippen LogP contribution is 2.33. The van der Waals surface area contributed by atoms with E-state index < -0.39 is 5.91 Å². The summed E-state index contributed by atoms with van der Waals surface area (Å²) in [5, 5.41) is 16.6. The molecule has 2 aromatic carbocycles. The number of hydrogen-bond donors (Lipinski definition) is 3. The average Bonchev–Trinajstić information content (AvgIpc) is 2.69. The van der Waals surface area contributed by atoms with Crippen molar-refractivity contribution in [1.29, 1.82) is 0 Å². The molecule has 0 saturated heterocycles. The van der Waals surface area contributed by atoms with Crippen molar-refractivity contribution in [3.8, 4) is 5.75 Å². The van der Waals surface area contributed by atoms with Crippen LogP contribution in [0.25, 0.3) is 0 Å². The summed E-state index contributed by atoms with van der Waals surface area (Å²) >= 11 is 18.2. The third kappa shape index (κ3) is 8.20. The highest BCUT2D eigenvalue weighted by Gasteiger charge is 2.18. The molecule has 0 unspecified atom stereocenters. The molecule has 2 rings (SSSR count). The molecule has 4 N–H and O–H groups in total. The Morgan fingerprint density at radius 3 is 2.47 bits per heavy atom. The summed E-state index contributed by atoms with van der Waals surface area (Å²) in [5.74, 6) is -0.106. The predicted molar refractivity (Wildman–Crippen MR) is 124 cm³/mol. The van der Waals surface area contributed by atoms with E-state index >= 15 is 0 Å². The second kappa shape index (κ2) is 13.6. The first-order chi connectivity index (χ1) is 13.9. The molecular weight excluding hydrogens is 472 g/mol. The molecule has 0 heterocycles. The SMILES string of the molecule is Cl.NCCCOc1c(Cl)cc(Cl)cc1C/C(=N/O)C(=O)NCCc1ccc(Cl)cc1. The van der Waals surface area contributed by atoms with Crippen LogP contribution in [0.2, 0.25) is 15.1 Å². The molecular formula is C20H23Cl4N3O3. The van der Waals surface area contributed by atoms with Crippen molar-refractivity contribution < 1.29 is 14.7 Å². The molecule has 0 saturated carbocycles. The number of carbonyl (C=O) groups excluding carboxylic acids is 1. The second-order valence-corrected chi connectivity index (χ2v) is 7.50. The Morgan fingerprint density at radius 1 is 1.13 bits per heavy atom. The fourth-order valence-electron chi connectivity index (χ4n) is 2.58. The van der Waals surface area contributed by atoms with Crippen LogP contribution in [-0.4, -0.2) is 36.5 Å². The summed E-state index contributed by atoms with van der Waals surface area (Å²) in [6, 6.07) is 10.5. The summed E-state index contributed by atoms with van der Waals surface area (Å²) in [6.07, 6.45) is 1.25. The van der Waals surface area contributed by atoms with Crippen LogP contribution in [0.15, 0.2) is 41.6 Å². The number of rotatable bonds is 10. The normalized spacial score (nSPS) is 11.0. The van der Waals surface area contributed by atoms with Gasteiger partial charge in [0.15, 0.2) is 0 Å². The van der Waals surface area contributed by atoms with Crippen molar-refractivity contribution in [3.63, 3.8) is 0 Å². The number of benzene rings is 2. The molecule has 0 aliphatic heterocycles. The molecule has 0 aliphatic rings. The second-order valence-electron chi connectivity index (χ2n) is 6.22. The molecule has 0 radical (unpaired) electrons. The van der Waals surface area contributed by atoms with E-state index in [4.69, 9.17) is 45.3 Å². The van der Waals surface area contributed by atoms with Crippen molar-refractivity contribution >= 4 is 58.8 Å². The number of nitrogens with one attached hydrogen (secondary N) is 1. The zero-order chi connectivity index (χ0) is 21.2. The highest BCUT2D eigenvalue weighted by atomic mass is 35.5. The first kappa shape index (κ1) is 26.3. The lowest BCUT2D eigenvalue weighted by Gasteiger charge is -2.14. The minimum atomic E-state index is -0.495. The summed E-state index contributed by atoms with van der Waals surface area (Å²) in [7, 11) is 0. The Balaban J connectivity index is 0.00000450. The Kier molecular flexibility index (Phi) is 11.9.